The second-order valence-corrected chi connectivity index (χ2v) is 9.43. The Morgan fingerprint density at radius 3 is 2.57 bits per heavy atom. The third-order valence-electron chi connectivity index (χ3n) is 4.31. The van der Waals surface area contributed by atoms with Crippen LogP contribution in [-0.2, 0) is 20.9 Å². The molecule has 1 heterocycles. The Bertz CT molecular complexity index is 1020. The first-order valence-corrected chi connectivity index (χ1v) is 11.5. The Hall–Kier alpha value is -1.85. The monoisotopic (exact) mass is 601 g/mol. The topological polar surface area (TPSA) is 72.9 Å². The van der Waals surface area contributed by atoms with Crippen molar-refractivity contribution in [3.63, 3.8) is 0 Å². The molecule has 0 radical (unpaired) electrons. The van der Waals surface area contributed by atoms with Crippen LogP contribution in [0.5, 0.6) is 5.75 Å². The van der Waals surface area contributed by atoms with Crippen molar-refractivity contribution >= 4 is 73.5 Å². The normalized spacial score (nSPS) is 16.1. The van der Waals surface area contributed by atoms with Crippen LogP contribution < -0.4 is 4.74 Å². The molecular weight excluding hydrogens is 585 g/mol. The van der Waals surface area contributed by atoms with Gasteiger partial charge in [0.05, 0.1) is 15.6 Å². The number of methoxy groups -OCH3 is 1. The number of rotatable bonds is 6. The molecular formula is C21H17BrINO5S. The molecule has 1 aliphatic heterocycles. The summed E-state index contributed by atoms with van der Waals surface area (Å²) in [7, 11) is 1.22. The maximum atomic E-state index is 12.6. The molecule has 0 N–H and O–H groups in total. The van der Waals surface area contributed by atoms with Crippen molar-refractivity contribution in [2.24, 2.45) is 0 Å². The van der Waals surface area contributed by atoms with Gasteiger partial charge < -0.3 is 9.47 Å². The van der Waals surface area contributed by atoms with E-state index >= 15 is 0 Å². The van der Waals surface area contributed by atoms with Gasteiger partial charge in [0.15, 0.2) is 0 Å². The average Bonchev–Trinajstić information content (AvgIpc) is 3.00. The molecule has 2 aromatic carbocycles. The van der Waals surface area contributed by atoms with Crippen LogP contribution in [0.1, 0.15) is 18.1 Å². The minimum Gasteiger partial charge on any atom is -0.488 e. The number of hydrogen-bond donors (Lipinski definition) is 0. The minimum absolute atomic E-state index is 0.259. The molecule has 9 heteroatoms. The molecule has 0 aliphatic carbocycles. The summed E-state index contributed by atoms with van der Waals surface area (Å²) >= 11 is 6.38. The first kappa shape index (κ1) is 22.8. The van der Waals surface area contributed by atoms with Gasteiger partial charge in [0.1, 0.15) is 18.4 Å². The van der Waals surface area contributed by atoms with E-state index in [2.05, 4.69) is 43.3 Å². The number of imide groups is 1. The maximum absolute atomic E-state index is 12.6. The van der Waals surface area contributed by atoms with E-state index in [0.29, 0.717) is 6.61 Å². The van der Waals surface area contributed by atoms with Gasteiger partial charge in [-0.05, 0) is 82.7 Å². The number of nitrogens with zero attached hydrogens (tertiary/aromatic N) is 1. The summed E-state index contributed by atoms with van der Waals surface area (Å²) < 4.78 is 12.4. The molecule has 1 aliphatic rings. The molecule has 2 aromatic rings. The number of carbonyl (C=O) groups excluding carboxylic acids is 3. The summed E-state index contributed by atoms with van der Waals surface area (Å²) in [6, 6.07) is 12.4. The number of halogens is 2. The molecule has 0 bridgehead atoms. The summed E-state index contributed by atoms with van der Waals surface area (Å²) in [5.74, 6) is -0.420. The fourth-order valence-electron chi connectivity index (χ4n) is 2.71. The van der Waals surface area contributed by atoms with Gasteiger partial charge in [-0.3, -0.25) is 14.5 Å². The second kappa shape index (κ2) is 9.97. The van der Waals surface area contributed by atoms with Crippen LogP contribution in [0.15, 0.2) is 51.8 Å². The highest BCUT2D eigenvalue weighted by molar-refractivity contribution is 14.1. The zero-order chi connectivity index (χ0) is 21.8. The van der Waals surface area contributed by atoms with Crippen molar-refractivity contribution in [3.05, 3.63) is 66.5 Å². The number of hydrogen-bond acceptors (Lipinski definition) is 6. The number of ether oxygens (including phenoxy) is 2. The fraction of sp³-hybridized carbons (Fsp3) is 0.190. The summed E-state index contributed by atoms with van der Waals surface area (Å²) in [5, 5.41) is -0.492. The van der Waals surface area contributed by atoms with Gasteiger partial charge in [-0.2, -0.15) is 0 Å². The van der Waals surface area contributed by atoms with Crippen molar-refractivity contribution in [1.29, 1.82) is 0 Å². The van der Waals surface area contributed by atoms with Crippen LogP contribution in [-0.4, -0.2) is 35.2 Å². The van der Waals surface area contributed by atoms with E-state index in [1.807, 2.05) is 42.5 Å². The molecule has 0 saturated carbocycles. The highest BCUT2D eigenvalue weighted by atomic mass is 127. The van der Waals surface area contributed by atoms with Gasteiger partial charge >= 0.3 is 5.97 Å². The number of esters is 1. The predicted molar refractivity (Wildman–Crippen MR) is 127 cm³/mol. The quantitative estimate of drug-likeness (QED) is 0.256. The zero-order valence-corrected chi connectivity index (χ0v) is 20.6. The van der Waals surface area contributed by atoms with E-state index in [1.54, 1.807) is 6.08 Å². The molecule has 6 nitrogen and oxygen atoms in total. The van der Waals surface area contributed by atoms with Crippen molar-refractivity contribution in [3.8, 4) is 5.75 Å². The van der Waals surface area contributed by atoms with Crippen molar-refractivity contribution in [2.45, 2.75) is 19.6 Å². The van der Waals surface area contributed by atoms with E-state index < -0.39 is 23.2 Å². The van der Waals surface area contributed by atoms with Crippen molar-refractivity contribution < 1.29 is 23.9 Å². The predicted octanol–water partition coefficient (Wildman–Crippen LogP) is 5.23. The maximum Gasteiger partial charge on any atom is 0.328 e. The molecule has 156 valence electrons. The lowest BCUT2D eigenvalue weighted by molar-refractivity contribution is -0.148. The summed E-state index contributed by atoms with van der Waals surface area (Å²) in [6.45, 7) is 1.90. The first-order chi connectivity index (χ1) is 14.3. The van der Waals surface area contributed by atoms with Crippen molar-refractivity contribution in [1.82, 2.24) is 4.90 Å². The lowest BCUT2D eigenvalue weighted by Gasteiger charge is -2.18. The fourth-order valence-corrected chi connectivity index (χ4v) is 4.57. The molecule has 0 unspecified atom stereocenters. The van der Waals surface area contributed by atoms with Gasteiger partial charge in [-0.1, -0.05) is 34.1 Å². The van der Waals surface area contributed by atoms with E-state index in [-0.39, 0.29) is 4.91 Å². The van der Waals surface area contributed by atoms with E-state index in [4.69, 9.17) is 4.74 Å². The van der Waals surface area contributed by atoms with Gasteiger partial charge in [-0.25, -0.2) is 4.79 Å². The third kappa shape index (κ3) is 5.25. The second-order valence-electron chi connectivity index (χ2n) is 6.36. The highest BCUT2D eigenvalue weighted by Gasteiger charge is 2.41. The van der Waals surface area contributed by atoms with Crippen LogP contribution in [0.3, 0.4) is 0 Å². The Kier molecular flexibility index (Phi) is 7.59. The molecule has 2 amide bonds. The minimum atomic E-state index is -0.970. The zero-order valence-electron chi connectivity index (χ0n) is 16.1. The number of benzene rings is 2. The van der Waals surface area contributed by atoms with Crippen LogP contribution in [0.4, 0.5) is 4.79 Å². The van der Waals surface area contributed by atoms with Gasteiger partial charge in [0.25, 0.3) is 11.1 Å². The van der Waals surface area contributed by atoms with Crippen LogP contribution in [0.2, 0.25) is 0 Å². The van der Waals surface area contributed by atoms with E-state index in [0.717, 1.165) is 41.6 Å². The Morgan fingerprint density at radius 1 is 1.23 bits per heavy atom. The van der Waals surface area contributed by atoms with Crippen LogP contribution in [0, 0.1) is 3.57 Å². The van der Waals surface area contributed by atoms with Crippen LogP contribution in [0.25, 0.3) is 6.08 Å². The highest BCUT2D eigenvalue weighted by Crippen LogP contribution is 2.34. The third-order valence-corrected chi connectivity index (χ3v) is 6.57. The SMILES string of the molecule is COC(=O)[C@@H](C)N1C(=O)S/C(=C/c2ccc(OCc3ccc(Br)cc3)c(I)c2)C1=O. The molecule has 3 rings (SSSR count). The van der Waals surface area contributed by atoms with E-state index in [1.165, 1.54) is 14.0 Å². The molecule has 30 heavy (non-hydrogen) atoms. The smallest absolute Gasteiger partial charge is 0.328 e. The number of amides is 2. The lowest BCUT2D eigenvalue weighted by Crippen LogP contribution is -2.42. The van der Waals surface area contributed by atoms with Crippen LogP contribution >= 0.6 is 50.3 Å². The summed E-state index contributed by atoms with van der Waals surface area (Å²) in [6.07, 6.45) is 1.63. The summed E-state index contributed by atoms with van der Waals surface area (Å²) in [4.78, 5) is 37.7. The van der Waals surface area contributed by atoms with Crippen molar-refractivity contribution in [2.75, 3.05) is 7.11 Å². The van der Waals surface area contributed by atoms with Gasteiger partial charge in [-0.15, -0.1) is 0 Å². The standard InChI is InChI=1S/C21H17BrINO5S/c1-12(20(26)28-2)24-19(25)18(30-21(24)27)10-14-5-8-17(16(23)9-14)29-11-13-3-6-15(22)7-4-13/h3-10,12H,11H2,1-2H3/b18-10+/t12-/m1/s1. The molecule has 1 fully saturated rings. The Labute approximate surface area is 200 Å². The largest absolute Gasteiger partial charge is 0.488 e. The molecule has 1 saturated heterocycles. The molecule has 1 atom stereocenters. The average molecular weight is 602 g/mol. The lowest BCUT2D eigenvalue weighted by atomic mass is 10.2. The Morgan fingerprint density at radius 2 is 1.93 bits per heavy atom. The first-order valence-electron chi connectivity index (χ1n) is 8.82. The number of carbonyl (C=O) groups is 3. The number of thioether (sulfide) groups is 1. The molecule has 0 aromatic heterocycles. The van der Waals surface area contributed by atoms with Gasteiger partial charge in [0, 0.05) is 4.47 Å². The van der Waals surface area contributed by atoms with E-state index in [9.17, 15) is 14.4 Å². The van der Waals surface area contributed by atoms with Gasteiger partial charge in [0.2, 0.25) is 0 Å². The molecule has 0 spiro atoms. The summed E-state index contributed by atoms with van der Waals surface area (Å²) in [5.41, 5.74) is 1.80. The Balaban J connectivity index is 1.72.